The Balaban J connectivity index is 2.37. The van der Waals surface area contributed by atoms with Crippen molar-refractivity contribution in [3.63, 3.8) is 0 Å². The first-order valence-corrected chi connectivity index (χ1v) is 6.71. The third-order valence-electron chi connectivity index (χ3n) is 2.98. The van der Waals surface area contributed by atoms with Gasteiger partial charge in [-0.25, -0.2) is 4.98 Å². The molecule has 0 spiro atoms. The highest BCUT2D eigenvalue weighted by atomic mass is 32.1. The number of nitrogens with zero attached hydrogens (tertiary/aromatic N) is 1. The summed E-state index contributed by atoms with van der Waals surface area (Å²) in [6.07, 6.45) is 2.21. The second kappa shape index (κ2) is 6.99. The second-order valence-corrected chi connectivity index (χ2v) is 5.21. The lowest BCUT2D eigenvalue weighted by Crippen LogP contribution is -2.35. The average Bonchev–Trinajstić information content (AvgIpc) is 2.77. The van der Waals surface area contributed by atoms with Gasteiger partial charge in [0, 0.05) is 25.6 Å². The molecule has 1 aromatic heterocycles. The van der Waals surface area contributed by atoms with E-state index in [1.165, 1.54) is 5.69 Å². The van der Waals surface area contributed by atoms with E-state index in [1.54, 1.807) is 18.4 Å². The molecule has 16 heavy (non-hydrogen) atoms. The van der Waals surface area contributed by atoms with Gasteiger partial charge >= 0.3 is 0 Å². The fourth-order valence-corrected chi connectivity index (χ4v) is 2.20. The van der Waals surface area contributed by atoms with Gasteiger partial charge in [-0.3, -0.25) is 0 Å². The van der Waals surface area contributed by atoms with Crippen LogP contribution in [0.15, 0.2) is 10.9 Å². The summed E-state index contributed by atoms with van der Waals surface area (Å²) in [5.74, 6) is 0. The molecule has 1 unspecified atom stereocenters. The lowest BCUT2D eigenvalue weighted by Gasteiger charge is -2.28. The number of thiazole rings is 1. The monoisotopic (exact) mass is 242 g/mol. The van der Waals surface area contributed by atoms with E-state index in [-0.39, 0.29) is 0 Å². The molecule has 3 nitrogen and oxygen atoms in total. The lowest BCUT2D eigenvalue weighted by molar-refractivity contribution is 0.191. The van der Waals surface area contributed by atoms with Gasteiger partial charge in [0.15, 0.2) is 0 Å². The lowest BCUT2D eigenvalue weighted by atomic mass is 9.83. The van der Waals surface area contributed by atoms with Crippen LogP contribution in [-0.2, 0) is 11.2 Å². The minimum atomic E-state index is 0.293. The molecule has 1 aromatic rings. The third-order valence-corrected chi connectivity index (χ3v) is 3.61. The van der Waals surface area contributed by atoms with E-state index in [9.17, 15) is 0 Å². The summed E-state index contributed by atoms with van der Waals surface area (Å²) in [4.78, 5) is 4.36. The van der Waals surface area contributed by atoms with Crippen molar-refractivity contribution in [2.75, 3.05) is 26.8 Å². The minimum absolute atomic E-state index is 0.293. The Kier molecular flexibility index (Phi) is 5.95. The normalized spacial score (nSPS) is 14.9. The molecule has 0 bridgehead atoms. The van der Waals surface area contributed by atoms with Crippen LogP contribution in [0.25, 0.3) is 0 Å². The first-order chi connectivity index (χ1) is 7.70. The van der Waals surface area contributed by atoms with Gasteiger partial charge in [-0.05, 0) is 18.3 Å². The van der Waals surface area contributed by atoms with Gasteiger partial charge in [0.25, 0.3) is 0 Å². The van der Waals surface area contributed by atoms with Crippen molar-refractivity contribution < 1.29 is 4.74 Å². The van der Waals surface area contributed by atoms with Crippen molar-refractivity contribution in [3.8, 4) is 0 Å². The molecule has 1 heterocycles. The van der Waals surface area contributed by atoms with E-state index >= 15 is 0 Å². The van der Waals surface area contributed by atoms with Crippen molar-refractivity contribution in [2.45, 2.75) is 26.7 Å². The predicted molar refractivity (Wildman–Crippen MR) is 69.0 cm³/mol. The number of aromatic nitrogens is 1. The molecule has 1 atom stereocenters. The topological polar surface area (TPSA) is 34.1 Å². The van der Waals surface area contributed by atoms with Crippen molar-refractivity contribution in [3.05, 3.63) is 16.6 Å². The number of hydrogen-bond acceptors (Lipinski definition) is 4. The highest BCUT2D eigenvalue weighted by Crippen LogP contribution is 2.25. The number of nitrogens with one attached hydrogen (secondary N) is 1. The molecule has 1 rings (SSSR count). The summed E-state index contributed by atoms with van der Waals surface area (Å²) in [5, 5.41) is 5.58. The first-order valence-electron chi connectivity index (χ1n) is 5.77. The average molecular weight is 242 g/mol. The maximum Gasteiger partial charge on any atom is 0.0794 e. The molecule has 0 amide bonds. The Morgan fingerprint density at radius 1 is 1.56 bits per heavy atom. The Hall–Kier alpha value is -0.450. The SMILES string of the molecule is CCC(C)(CNCCOC)Cc1cscn1. The molecule has 1 N–H and O–H groups in total. The van der Waals surface area contributed by atoms with Gasteiger partial charge in [-0.2, -0.15) is 0 Å². The van der Waals surface area contributed by atoms with E-state index in [1.807, 2.05) is 5.51 Å². The van der Waals surface area contributed by atoms with Crippen LogP contribution in [0.5, 0.6) is 0 Å². The van der Waals surface area contributed by atoms with E-state index in [0.29, 0.717) is 5.41 Å². The van der Waals surface area contributed by atoms with Crippen LogP contribution in [0.4, 0.5) is 0 Å². The van der Waals surface area contributed by atoms with Crippen LogP contribution < -0.4 is 5.32 Å². The van der Waals surface area contributed by atoms with E-state index in [4.69, 9.17) is 4.74 Å². The Labute approximate surface area is 102 Å². The summed E-state index contributed by atoms with van der Waals surface area (Å²) >= 11 is 1.67. The number of methoxy groups -OCH3 is 1. The highest BCUT2D eigenvalue weighted by Gasteiger charge is 2.22. The van der Waals surface area contributed by atoms with Crippen molar-refractivity contribution in [1.82, 2.24) is 10.3 Å². The Morgan fingerprint density at radius 3 is 2.94 bits per heavy atom. The molecule has 0 radical (unpaired) electrons. The Bertz CT molecular complexity index is 277. The fourth-order valence-electron chi connectivity index (χ4n) is 1.64. The van der Waals surface area contributed by atoms with Crippen LogP contribution in [-0.4, -0.2) is 31.8 Å². The molecule has 0 aliphatic heterocycles. The van der Waals surface area contributed by atoms with E-state index in [0.717, 1.165) is 32.5 Å². The zero-order valence-corrected chi connectivity index (χ0v) is 11.3. The van der Waals surface area contributed by atoms with E-state index in [2.05, 4.69) is 29.5 Å². The van der Waals surface area contributed by atoms with Gasteiger partial charge in [0.2, 0.25) is 0 Å². The molecule has 0 aromatic carbocycles. The van der Waals surface area contributed by atoms with E-state index < -0.39 is 0 Å². The molecule has 0 fully saturated rings. The van der Waals surface area contributed by atoms with Crippen molar-refractivity contribution in [1.29, 1.82) is 0 Å². The van der Waals surface area contributed by atoms with Crippen LogP contribution in [0, 0.1) is 5.41 Å². The summed E-state index contributed by atoms with van der Waals surface area (Å²) in [6, 6.07) is 0. The molecular formula is C12H22N2OS. The Morgan fingerprint density at radius 2 is 2.38 bits per heavy atom. The van der Waals surface area contributed by atoms with Gasteiger partial charge in [0.05, 0.1) is 17.8 Å². The highest BCUT2D eigenvalue weighted by molar-refractivity contribution is 7.07. The second-order valence-electron chi connectivity index (χ2n) is 4.49. The largest absolute Gasteiger partial charge is 0.383 e. The number of rotatable bonds is 8. The molecule has 0 saturated heterocycles. The molecule has 92 valence electrons. The number of hydrogen-bond donors (Lipinski definition) is 1. The van der Waals surface area contributed by atoms with Crippen LogP contribution in [0.3, 0.4) is 0 Å². The zero-order valence-electron chi connectivity index (χ0n) is 10.5. The third kappa shape index (κ3) is 4.60. The summed E-state index contributed by atoms with van der Waals surface area (Å²) < 4.78 is 5.02. The smallest absolute Gasteiger partial charge is 0.0794 e. The predicted octanol–water partition coefficient (Wildman–Crippen LogP) is 2.34. The summed E-state index contributed by atoms with van der Waals surface area (Å²) in [5.41, 5.74) is 3.41. The molecule has 0 aliphatic rings. The molecule has 0 aliphatic carbocycles. The van der Waals surface area contributed by atoms with Crippen LogP contribution >= 0.6 is 11.3 Å². The van der Waals surface area contributed by atoms with Gasteiger partial charge in [-0.1, -0.05) is 13.8 Å². The van der Waals surface area contributed by atoms with Crippen molar-refractivity contribution >= 4 is 11.3 Å². The maximum atomic E-state index is 5.02. The van der Waals surface area contributed by atoms with Gasteiger partial charge < -0.3 is 10.1 Å². The number of ether oxygens (including phenoxy) is 1. The minimum Gasteiger partial charge on any atom is -0.383 e. The standard InChI is InChI=1S/C12H22N2OS/c1-4-12(2,9-13-5-6-15-3)7-11-8-16-10-14-11/h8,10,13H,4-7,9H2,1-3H3. The summed E-state index contributed by atoms with van der Waals surface area (Å²) in [7, 11) is 1.73. The summed E-state index contributed by atoms with van der Waals surface area (Å²) in [6.45, 7) is 7.26. The molecular weight excluding hydrogens is 220 g/mol. The fraction of sp³-hybridized carbons (Fsp3) is 0.750. The quantitative estimate of drug-likeness (QED) is 0.711. The van der Waals surface area contributed by atoms with Crippen LogP contribution in [0.1, 0.15) is 26.0 Å². The first kappa shape index (κ1) is 13.6. The van der Waals surface area contributed by atoms with Gasteiger partial charge in [-0.15, -0.1) is 11.3 Å². The van der Waals surface area contributed by atoms with Crippen molar-refractivity contribution in [2.24, 2.45) is 5.41 Å². The molecule has 4 heteroatoms. The van der Waals surface area contributed by atoms with Gasteiger partial charge in [0.1, 0.15) is 0 Å². The maximum absolute atomic E-state index is 5.02. The zero-order chi connectivity index (χ0) is 11.9. The van der Waals surface area contributed by atoms with Crippen LogP contribution in [0.2, 0.25) is 0 Å². The molecule has 0 saturated carbocycles.